The van der Waals surface area contributed by atoms with Gasteiger partial charge >= 0.3 is 19.2 Å². The van der Waals surface area contributed by atoms with Gasteiger partial charge in [-0.05, 0) is 106 Å². The summed E-state index contributed by atoms with van der Waals surface area (Å²) >= 11 is 0. The molecule has 1 aliphatic heterocycles. The lowest BCUT2D eigenvalue weighted by Crippen LogP contribution is -2.37. The summed E-state index contributed by atoms with van der Waals surface area (Å²) in [4.78, 5) is 25.0. The van der Waals surface area contributed by atoms with E-state index in [0.29, 0.717) is 65.0 Å². The van der Waals surface area contributed by atoms with Crippen LogP contribution in [-0.4, -0.2) is 81.0 Å². The lowest BCUT2D eigenvalue weighted by atomic mass is 9.91. The average molecular weight is 803 g/mol. The molecule has 4 aromatic carbocycles. The molecule has 0 radical (unpaired) electrons. The molecule has 2 fully saturated rings. The van der Waals surface area contributed by atoms with E-state index in [2.05, 4.69) is 0 Å². The van der Waals surface area contributed by atoms with Crippen LogP contribution >= 0.6 is 0 Å². The van der Waals surface area contributed by atoms with Crippen molar-refractivity contribution in [3.05, 3.63) is 82.9 Å². The van der Waals surface area contributed by atoms with Crippen molar-refractivity contribution in [3.8, 4) is 45.5 Å². The van der Waals surface area contributed by atoms with Gasteiger partial charge in [0.15, 0.2) is 11.2 Å². The maximum Gasteiger partial charge on any atom is 0.387 e. The van der Waals surface area contributed by atoms with Crippen LogP contribution in [0.1, 0.15) is 54.4 Å². The summed E-state index contributed by atoms with van der Waals surface area (Å²) in [6, 6.07) is 16.7. The molecule has 8 rings (SSSR count). The molecule has 6 aromatic rings. The Balaban J connectivity index is 1.12. The number of nitrogens with zero attached hydrogens (tertiary/aromatic N) is 4. The van der Waals surface area contributed by atoms with Gasteiger partial charge in [0.25, 0.3) is 0 Å². The third-order valence-corrected chi connectivity index (χ3v) is 11.4. The number of carboxylic acid groups (broad SMARTS) is 1. The lowest BCUT2D eigenvalue weighted by Gasteiger charge is -2.27. The van der Waals surface area contributed by atoms with Gasteiger partial charge in [0.2, 0.25) is 11.8 Å². The molecule has 11 nitrogen and oxygen atoms in total. The number of hydrogen-bond acceptors (Lipinski definition) is 10. The summed E-state index contributed by atoms with van der Waals surface area (Å²) in [5.41, 5.74) is 7.01. The first-order valence-corrected chi connectivity index (χ1v) is 19.2. The third-order valence-electron chi connectivity index (χ3n) is 11.4. The number of ether oxygens (including phenoxy) is 2. The number of rotatable bonds is 13. The van der Waals surface area contributed by atoms with Gasteiger partial charge in [-0.2, -0.15) is 17.6 Å². The summed E-state index contributed by atoms with van der Waals surface area (Å²) in [5, 5.41) is 20.1. The minimum Gasteiger partial charge on any atom is -0.480 e. The fourth-order valence-electron chi connectivity index (χ4n) is 8.54. The second kappa shape index (κ2) is 16.0. The molecule has 0 spiro atoms. The van der Waals surface area contributed by atoms with Crippen molar-refractivity contribution in [1.82, 2.24) is 19.8 Å². The molecule has 0 unspecified atom stereocenters. The topological polar surface area (TPSA) is 135 Å². The molecule has 3 heterocycles. The monoisotopic (exact) mass is 802 g/mol. The minimum atomic E-state index is -3.10. The van der Waals surface area contributed by atoms with Crippen molar-refractivity contribution < 1.29 is 50.9 Å². The number of carboxylic acids is 1. The Kier molecular flexibility index (Phi) is 10.9. The number of likely N-dealkylation sites (tertiary alicyclic amines) is 1. The Bertz CT molecular complexity index is 2490. The van der Waals surface area contributed by atoms with Gasteiger partial charge < -0.3 is 28.5 Å². The van der Waals surface area contributed by atoms with Crippen molar-refractivity contribution in [2.75, 3.05) is 13.6 Å². The van der Waals surface area contributed by atoms with Crippen LogP contribution in [0, 0.1) is 13.8 Å². The molecule has 304 valence electrons. The molecule has 2 aliphatic rings. The van der Waals surface area contributed by atoms with E-state index in [9.17, 15) is 32.6 Å². The summed E-state index contributed by atoms with van der Waals surface area (Å²) < 4.78 is 76.3. The Labute approximate surface area is 330 Å². The Morgan fingerprint density at radius 3 is 1.86 bits per heavy atom. The van der Waals surface area contributed by atoms with E-state index in [-0.39, 0.29) is 47.7 Å². The number of benzene rings is 4. The molecule has 15 heteroatoms. The zero-order chi connectivity index (χ0) is 40.8. The van der Waals surface area contributed by atoms with E-state index in [1.807, 2.05) is 62.2 Å². The smallest absolute Gasteiger partial charge is 0.387 e. The van der Waals surface area contributed by atoms with Crippen molar-refractivity contribution in [2.24, 2.45) is 0 Å². The van der Waals surface area contributed by atoms with E-state index in [0.717, 1.165) is 35.1 Å². The van der Waals surface area contributed by atoms with E-state index >= 15 is 0 Å². The van der Waals surface area contributed by atoms with Crippen LogP contribution in [-0.2, 0) is 17.9 Å². The predicted molar refractivity (Wildman–Crippen MR) is 207 cm³/mol. The predicted octanol–water partition coefficient (Wildman–Crippen LogP) is 9.18. The van der Waals surface area contributed by atoms with Crippen LogP contribution in [0.3, 0.4) is 0 Å². The zero-order valence-corrected chi connectivity index (χ0v) is 32.1. The number of fused-ring (bicyclic) bond motifs is 2. The molecule has 1 saturated carbocycles. The molecule has 58 heavy (non-hydrogen) atoms. The maximum absolute atomic E-state index is 13.5. The highest BCUT2D eigenvalue weighted by Gasteiger charge is 2.32. The molecular weight excluding hydrogens is 760 g/mol. The molecule has 3 atom stereocenters. The molecule has 2 aromatic heterocycles. The first kappa shape index (κ1) is 39.3. The van der Waals surface area contributed by atoms with Crippen molar-refractivity contribution in [2.45, 2.75) is 90.5 Å². The second-order valence-corrected chi connectivity index (χ2v) is 15.1. The fraction of sp³-hybridized carbons (Fsp3) is 0.372. The summed E-state index contributed by atoms with van der Waals surface area (Å²) in [6.45, 7) is -1.41. The van der Waals surface area contributed by atoms with Gasteiger partial charge in [0.05, 0.1) is 6.10 Å². The minimum absolute atomic E-state index is 0.0194. The molecule has 1 saturated heterocycles. The van der Waals surface area contributed by atoms with Crippen molar-refractivity contribution in [1.29, 1.82) is 0 Å². The zero-order valence-electron chi connectivity index (χ0n) is 32.1. The van der Waals surface area contributed by atoms with Gasteiger partial charge in [-0.15, -0.1) is 0 Å². The van der Waals surface area contributed by atoms with Gasteiger partial charge in [-0.3, -0.25) is 14.6 Å². The van der Waals surface area contributed by atoms with Crippen molar-refractivity contribution >= 4 is 28.2 Å². The van der Waals surface area contributed by atoms with Gasteiger partial charge in [-0.25, -0.2) is 9.97 Å². The Hall–Kier alpha value is -5.51. The summed E-state index contributed by atoms with van der Waals surface area (Å²) in [6.07, 6.45) is 3.05. The van der Waals surface area contributed by atoms with Crippen LogP contribution in [0.15, 0.2) is 69.5 Å². The number of aliphatic hydroxyl groups excluding tert-OH is 1. The van der Waals surface area contributed by atoms with E-state index in [1.165, 1.54) is 12.1 Å². The summed E-state index contributed by atoms with van der Waals surface area (Å²) in [7, 11) is 1.85. The molecule has 0 amide bonds. The van der Waals surface area contributed by atoms with Gasteiger partial charge in [0, 0.05) is 53.5 Å². The molecule has 1 aliphatic carbocycles. The normalized spacial score (nSPS) is 18.8. The number of oxazole rings is 2. The van der Waals surface area contributed by atoms with Crippen LogP contribution in [0.25, 0.3) is 56.2 Å². The number of aliphatic carboxylic acids is 1. The van der Waals surface area contributed by atoms with Crippen LogP contribution in [0.5, 0.6) is 11.5 Å². The fourth-order valence-corrected chi connectivity index (χ4v) is 8.54. The first-order chi connectivity index (χ1) is 27.8. The summed E-state index contributed by atoms with van der Waals surface area (Å²) in [5.74, 6) is -0.534. The average Bonchev–Trinajstić information content (AvgIpc) is 3.98. The second-order valence-electron chi connectivity index (χ2n) is 15.1. The largest absolute Gasteiger partial charge is 0.480 e. The highest BCUT2D eigenvalue weighted by molar-refractivity contribution is 5.85. The highest BCUT2D eigenvalue weighted by Crippen LogP contribution is 2.40. The highest BCUT2D eigenvalue weighted by atomic mass is 19.3. The number of likely N-dealkylation sites (N-methyl/N-ethyl adjacent to an activating group) is 1. The first-order valence-electron chi connectivity index (χ1n) is 19.2. The lowest BCUT2D eigenvalue weighted by molar-refractivity contribution is -0.142. The van der Waals surface area contributed by atoms with Gasteiger partial charge in [-0.1, -0.05) is 24.3 Å². The van der Waals surface area contributed by atoms with Gasteiger partial charge in [0.1, 0.15) is 28.6 Å². The third kappa shape index (κ3) is 7.73. The number of carbonyl (C=O) groups is 1. The number of halogens is 4. The van der Waals surface area contributed by atoms with E-state index in [4.69, 9.17) is 28.3 Å². The standard InChI is InChI=1S/C43H42F4N4O7/c1-22-26(8-4-10-28(22)39-48-30-16-24(20-50(3)32-12-6-14-34(32)52)35(57-42(44)45)18-37(30)55-39)27-9-5-11-29(23(27)2)40-49-31-17-25(21-51-15-7-13-33(51)41(53)54)36(58-43(46)47)19-38(31)56-40/h4-5,8-11,16-19,32-34,42-43,52H,6-7,12-15,20-21H2,1-3H3,(H,53,54)/t32-,33+,34-/m1/s1. The van der Waals surface area contributed by atoms with Crippen LogP contribution in [0.4, 0.5) is 17.6 Å². The molecule has 2 N–H and O–H groups in total. The SMILES string of the molecule is Cc1c(-c2nc3cc(CN(C)[C@@H]4CCC[C@H]4O)c(OC(F)F)cc3o2)cccc1-c1cccc(-c2nc3cc(CN4CCC[C@H]4C(=O)O)c(OC(F)F)cc3o2)c1C. The molecule has 0 bridgehead atoms. The molecular formula is C43H42F4N4O7. The quantitative estimate of drug-likeness (QED) is 0.108. The van der Waals surface area contributed by atoms with E-state index < -0.39 is 31.3 Å². The van der Waals surface area contributed by atoms with E-state index in [1.54, 1.807) is 17.0 Å². The number of aliphatic hydroxyl groups is 1. The Morgan fingerprint density at radius 1 is 0.810 bits per heavy atom. The number of alkyl halides is 4. The van der Waals surface area contributed by atoms with Crippen molar-refractivity contribution in [3.63, 3.8) is 0 Å². The van der Waals surface area contributed by atoms with Crippen LogP contribution < -0.4 is 9.47 Å². The van der Waals surface area contributed by atoms with Crippen LogP contribution in [0.2, 0.25) is 0 Å². The number of aromatic nitrogens is 2. The maximum atomic E-state index is 13.5. The number of hydrogen-bond donors (Lipinski definition) is 2. The Morgan fingerprint density at radius 2 is 1.34 bits per heavy atom.